The summed E-state index contributed by atoms with van der Waals surface area (Å²) in [6.07, 6.45) is 0. The first kappa shape index (κ1) is 8.77. The zero-order valence-electron chi connectivity index (χ0n) is 4.67. The zero-order valence-corrected chi connectivity index (χ0v) is 5.42. The van der Waals surface area contributed by atoms with E-state index in [9.17, 15) is 9.59 Å². The highest BCUT2D eigenvalue weighted by Crippen LogP contribution is 2.04. The third-order valence-corrected chi connectivity index (χ3v) is 1.02. The van der Waals surface area contributed by atoms with Gasteiger partial charge >= 0.3 is 11.9 Å². The Morgan fingerprint density at radius 1 is 1.20 bits per heavy atom. The lowest BCUT2D eigenvalue weighted by Crippen LogP contribution is -2.15. The van der Waals surface area contributed by atoms with Gasteiger partial charge in [0.2, 0.25) is 0 Å². The molecule has 0 aliphatic carbocycles. The van der Waals surface area contributed by atoms with E-state index in [0.717, 1.165) is 0 Å². The Kier molecular flexibility index (Phi) is 2.69. The number of hydrogen-bond donors (Lipinski definition) is 3. The minimum absolute atomic E-state index is 0.867. The van der Waals surface area contributed by atoms with Crippen LogP contribution >= 0.6 is 11.6 Å². The second-order valence-corrected chi connectivity index (χ2v) is 1.72. The van der Waals surface area contributed by atoms with Gasteiger partial charge in [0.25, 0.3) is 0 Å². The van der Waals surface area contributed by atoms with Crippen LogP contribution in [0.25, 0.3) is 0 Å². The van der Waals surface area contributed by atoms with Crippen LogP contribution in [0.2, 0.25) is 0 Å². The number of carbonyl (C=O) groups is 2. The Balaban J connectivity index is 4.67. The number of nitrogens with two attached hydrogens (primary N) is 1. The molecule has 0 aliphatic rings. The van der Waals surface area contributed by atoms with Crippen LogP contribution < -0.4 is 5.73 Å². The molecule has 5 nitrogen and oxygen atoms in total. The average molecular weight is 166 g/mol. The van der Waals surface area contributed by atoms with Crippen LogP contribution in [0.5, 0.6) is 0 Å². The molecule has 0 aliphatic heterocycles. The van der Waals surface area contributed by atoms with E-state index in [0.29, 0.717) is 0 Å². The Bertz CT molecular complexity index is 187. The van der Waals surface area contributed by atoms with Crippen molar-refractivity contribution in [2.24, 2.45) is 5.73 Å². The summed E-state index contributed by atoms with van der Waals surface area (Å²) in [6, 6.07) is 0. The minimum Gasteiger partial charge on any atom is -0.477 e. The highest BCUT2D eigenvalue weighted by Gasteiger charge is 2.13. The fraction of sp³-hybridized carbons (Fsp3) is 0. The van der Waals surface area contributed by atoms with Crippen LogP contribution in [0.15, 0.2) is 10.7 Å². The second-order valence-electron chi connectivity index (χ2n) is 1.34. The molecule has 0 unspecified atom stereocenters. The Hall–Kier alpha value is -1.23. The first-order valence-corrected chi connectivity index (χ1v) is 2.46. The summed E-state index contributed by atoms with van der Waals surface area (Å²) >= 11 is 4.94. The topological polar surface area (TPSA) is 101 Å². The first-order valence-electron chi connectivity index (χ1n) is 2.08. The van der Waals surface area contributed by atoms with E-state index in [4.69, 9.17) is 27.5 Å². The number of carboxylic acids is 2. The SMILES string of the molecule is N/C(C(=O)O)=C(\Cl)C(=O)O. The van der Waals surface area contributed by atoms with E-state index in [1.54, 1.807) is 0 Å². The third-order valence-electron chi connectivity index (χ3n) is 0.655. The minimum atomic E-state index is -1.55. The predicted octanol–water partition coefficient (Wildman–Crippen LogP) is -0.435. The van der Waals surface area contributed by atoms with Gasteiger partial charge < -0.3 is 15.9 Å². The molecule has 56 valence electrons. The molecule has 0 fully saturated rings. The van der Waals surface area contributed by atoms with E-state index in [1.165, 1.54) is 0 Å². The summed E-state index contributed by atoms with van der Waals surface area (Å²) in [5, 5.41) is 15.3. The van der Waals surface area contributed by atoms with Crippen LogP contribution in [-0.4, -0.2) is 22.2 Å². The summed E-state index contributed by atoms with van der Waals surface area (Å²) < 4.78 is 0. The monoisotopic (exact) mass is 165 g/mol. The summed E-state index contributed by atoms with van der Waals surface area (Å²) in [5.74, 6) is -3.10. The molecule has 0 bridgehead atoms. The number of aliphatic carboxylic acids is 2. The fourth-order valence-electron chi connectivity index (χ4n) is 0.209. The largest absolute Gasteiger partial charge is 0.477 e. The van der Waals surface area contributed by atoms with E-state index < -0.39 is 22.7 Å². The summed E-state index contributed by atoms with van der Waals surface area (Å²) in [4.78, 5) is 19.8. The lowest BCUT2D eigenvalue weighted by Gasteiger charge is -1.93. The highest BCUT2D eigenvalue weighted by atomic mass is 35.5. The van der Waals surface area contributed by atoms with Crippen molar-refractivity contribution >= 4 is 23.5 Å². The van der Waals surface area contributed by atoms with Crippen LogP contribution in [0.3, 0.4) is 0 Å². The Morgan fingerprint density at radius 2 is 1.60 bits per heavy atom. The van der Waals surface area contributed by atoms with Crippen molar-refractivity contribution in [3.05, 3.63) is 10.7 Å². The quantitative estimate of drug-likeness (QED) is 0.482. The number of rotatable bonds is 2. The predicted molar refractivity (Wildman–Crippen MR) is 32.3 cm³/mol. The third kappa shape index (κ3) is 1.94. The van der Waals surface area contributed by atoms with Crippen molar-refractivity contribution in [2.75, 3.05) is 0 Å². The normalized spacial score (nSPS) is 12.1. The molecule has 0 saturated carbocycles. The lowest BCUT2D eigenvalue weighted by atomic mass is 10.4. The van der Waals surface area contributed by atoms with Gasteiger partial charge in [-0.05, 0) is 0 Å². The molecule has 0 radical (unpaired) electrons. The molecule has 0 amide bonds. The maximum absolute atomic E-state index is 9.91. The maximum Gasteiger partial charge on any atom is 0.353 e. The standard InChI is InChI=1S/C4H4ClNO4/c5-1(3(7)8)2(6)4(9)10/h6H2,(H,7,8)(H,9,10)/b2-1-. The van der Waals surface area contributed by atoms with Gasteiger partial charge in [0.1, 0.15) is 5.70 Å². The lowest BCUT2D eigenvalue weighted by molar-refractivity contribution is -0.135. The number of halogens is 1. The van der Waals surface area contributed by atoms with Crippen LogP contribution in [-0.2, 0) is 9.59 Å². The Morgan fingerprint density at radius 3 is 1.70 bits per heavy atom. The van der Waals surface area contributed by atoms with Gasteiger partial charge in [-0.25, -0.2) is 9.59 Å². The first-order chi connectivity index (χ1) is 4.46. The van der Waals surface area contributed by atoms with Gasteiger partial charge in [0, 0.05) is 0 Å². The summed E-state index contributed by atoms with van der Waals surface area (Å²) in [6.45, 7) is 0. The van der Waals surface area contributed by atoms with Crippen molar-refractivity contribution in [3.63, 3.8) is 0 Å². The van der Waals surface area contributed by atoms with Gasteiger partial charge in [-0.15, -0.1) is 0 Å². The van der Waals surface area contributed by atoms with Crippen molar-refractivity contribution in [2.45, 2.75) is 0 Å². The van der Waals surface area contributed by atoms with Crippen molar-refractivity contribution in [3.8, 4) is 0 Å². The fourth-order valence-corrected chi connectivity index (χ4v) is 0.290. The zero-order chi connectivity index (χ0) is 8.31. The molecule has 0 aromatic heterocycles. The van der Waals surface area contributed by atoms with Crippen molar-refractivity contribution in [1.29, 1.82) is 0 Å². The maximum atomic E-state index is 9.91. The second kappa shape index (κ2) is 3.07. The van der Waals surface area contributed by atoms with Crippen molar-refractivity contribution < 1.29 is 19.8 Å². The van der Waals surface area contributed by atoms with Crippen molar-refractivity contribution in [1.82, 2.24) is 0 Å². The molecule has 0 heterocycles. The molecule has 0 saturated heterocycles. The van der Waals surface area contributed by atoms with Crippen LogP contribution in [0.1, 0.15) is 0 Å². The highest BCUT2D eigenvalue weighted by molar-refractivity contribution is 6.42. The van der Waals surface area contributed by atoms with Gasteiger partial charge in [-0.3, -0.25) is 0 Å². The van der Waals surface area contributed by atoms with Gasteiger partial charge in [0.05, 0.1) is 0 Å². The van der Waals surface area contributed by atoms with Crippen LogP contribution in [0, 0.1) is 0 Å². The molecule has 10 heavy (non-hydrogen) atoms. The smallest absolute Gasteiger partial charge is 0.353 e. The molecule has 0 spiro atoms. The van der Waals surface area contributed by atoms with E-state index in [2.05, 4.69) is 0 Å². The molecule has 0 aromatic carbocycles. The van der Waals surface area contributed by atoms with Gasteiger partial charge in [-0.2, -0.15) is 0 Å². The molecular formula is C4H4ClNO4. The molecule has 0 atom stereocenters. The van der Waals surface area contributed by atoms with E-state index in [1.807, 2.05) is 0 Å². The van der Waals surface area contributed by atoms with Gasteiger partial charge in [-0.1, -0.05) is 11.6 Å². The molecule has 4 N–H and O–H groups in total. The summed E-state index contributed by atoms with van der Waals surface area (Å²) in [7, 11) is 0. The van der Waals surface area contributed by atoms with Gasteiger partial charge in [0.15, 0.2) is 5.03 Å². The average Bonchev–Trinajstić information content (AvgIpc) is 1.84. The summed E-state index contributed by atoms with van der Waals surface area (Å²) in [5.41, 5.74) is 3.86. The Labute approximate surface area is 60.7 Å². The molecule has 0 aromatic rings. The van der Waals surface area contributed by atoms with E-state index in [-0.39, 0.29) is 0 Å². The molecule has 0 rings (SSSR count). The molecule has 6 heteroatoms. The molecular weight excluding hydrogens is 162 g/mol. The number of hydrogen-bond acceptors (Lipinski definition) is 3. The number of carboxylic acid groups (broad SMARTS) is 2. The van der Waals surface area contributed by atoms with E-state index >= 15 is 0 Å². The van der Waals surface area contributed by atoms with Crippen LogP contribution in [0.4, 0.5) is 0 Å².